The molecular formula is C20H17N3O3. The maximum atomic E-state index is 11.9. The van der Waals surface area contributed by atoms with Crippen molar-refractivity contribution in [3.63, 3.8) is 0 Å². The summed E-state index contributed by atoms with van der Waals surface area (Å²) in [7, 11) is 0. The van der Waals surface area contributed by atoms with Gasteiger partial charge < -0.3 is 14.4 Å². The van der Waals surface area contributed by atoms with E-state index in [2.05, 4.69) is 11.1 Å². The normalized spacial score (nSPS) is 18.0. The average molecular weight is 347 g/mol. The van der Waals surface area contributed by atoms with Crippen molar-refractivity contribution in [2.45, 2.75) is 31.9 Å². The molecule has 0 spiro atoms. The summed E-state index contributed by atoms with van der Waals surface area (Å²) in [5.74, 6) is -0.426. The lowest BCUT2D eigenvalue weighted by molar-refractivity contribution is 0.0607. The maximum Gasteiger partial charge on any atom is 0.372 e. The Hall–Kier alpha value is -3.33. The molecule has 0 fully saturated rings. The zero-order valence-corrected chi connectivity index (χ0v) is 14.4. The summed E-state index contributed by atoms with van der Waals surface area (Å²) >= 11 is 0. The largest absolute Gasteiger partial charge is 0.487 e. The molecule has 2 aromatic carbocycles. The van der Waals surface area contributed by atoms with Crippen LogP contribution in [0.1, 0.15) is 48.1 Å². The zero-order valence-electron chi connectivity index (χ0n) is 14.4. The molecule has 3 aromatic rings. The first-order valence-corrected chi connectivity index (χ1v) is 8.33. The molecule has 130 valence electrons. The molecule has 1 atom stereocenters. The third-order valence-corrected chi connectivity index (χ3v) is 4.67. The second kappa shape index (κ2) is 5.60. The minimum Gasteiger partial charge on any atom is -0.487 e. The summed E-state index contributed by atoms with van der Waals surface area (Å²) in [6.07, 6.45) is 0.565. The van der Waals surface area contributed by atoms with Crippen LogP contribution in [0.3, 0.4) is 0 Å². The van der Waals surface area contributed by atoms with Gasteiger partial charge >= 0.3 is 5.97 Å². The van der Waals surface area contributed by atoms with Crippen LogP contribution in [0.5, 0.6) is 5.75 Å². The van der Waals surface area contributed by atoms with Crippen molar-refractivity contribution in [1.82, 2.24) is 9.55 Å². The fourth-order valence-corrected chi connectivity index (χ4v) is 3.63. The smallest absolute Gasteiger partial charge is 0.372 e. The van der Waals surface area contributed by atoms with Gasteiger partial charge in [-0.15, -0.1) is 0 Å². The molecule has 0 amide bonds. The van der Waals surface area contributed by atoms with Gasteiger partial charge in [0.15, 0.2) is 0 Å². The molecule has 0 saturated carbocycles. The second-order valence-corrected chi connectivity index (χ2v) is 7.05. The Balaban J connectivity index is 2.02. The fraction of sp³-hybridized carbons (Fsp3) is 0.250. The minimum atomic E-state index is -1.08. The van der Waals surface area contributed by atoms with Crippen molar-refractivity contribution in [1.29, 1.82) is 5.26 Å². The highest BCUT2D eigenvalue weighted by atomic mass is 16.5. The number of aromatic nitrogens is 2. The number of carboxylic acids is 1. The Bertz CT molecular complexity index is 1080. The van der Waals surface area contributed by atoms with E-state index in [1.807, 2.05) is 32.0 Å². The standard InChI is InChI=1S/C20H17N3O3/c1-20(2)10-16(13-9-12(11-21)7-8-17(13)26-20)23-15-6-4-3-5-14(15)22-18(23)19(24)25/h3-9,16H,10H2,1-2H3,(H,24,25). The van der Waals surface area contributed by atoms with E-state index >= 15 is 0 Å². The highest BCUT2D eigenvalue weighted by molar-refractivity contribution is 5.90. The predicted molar refractivity (Wildman–Crippen MR) is 95.3 cm³/mol. The SMILES string of the molecule is CC1(C)CC(n2c(C(=O)O)nc3ccccc32)c2cc(C#N)ccc2O1. The molecule has 4 rings (SSSR count). The molecular weight excluding hydrogens is 330 g/mol. The van der Waals surface area contributed by atoms with Gasteiger partial charge in [0, 0.05) is 12.0 Å². The molecule has 6 heteroatoms. The third kappa shape index (κ3) is 2.49. The van der Waals surface area contributed by atoms with E-state index < -0.39 is 11.6 Å². The average Bonchev–Trinajstić information content (AvgIpc) is 2.99. The number of carboxylic acid groups (broad SMARTS) is 1. The first kappa shape index (κ1) is 16.2. The topological polar surface area (TPSA) is 88.1 Å². The van der Waals surface area contributed by atoms with E-state index in [-0.39, 0.29) is 11.9 Å². The van der Waals surface area contributed by atoms with Crippen molar-refractivity contribution >= 4 is 17.0 Å². The van der Waals surface area contributed by atoms with Gasteiger partial charge in [0.05, 0.1) is 28.7 Å². The van der Waals surface area contributed by atoms with Gasteiger partial charge in [-0.3, -0.25) is 0 Å². The molecule has 0 saturated heterocycles. The second-order valence-electron chi connectivity index (χ2n) is 7.05. The number of hydrogen-bond donors (Lipinski definition) is 1. The number of aromatic carboxylic acids is 1. The van der Waals surface area contributed by atoms with E-state index in [4.69, 9.17) is 4.74 Å². The summed E-state index contributed by atoms with van der Waals surface area (Å²) in [4.78, 5) is 16.2. The number of nitriles is 1. The Morgan fingerprint density at radius 2 is 2.12 bits per heavy atom. The van der Waals surface area contributed by atoms with Crippen molar-refractivity contribution in [2.75, 3.05) is 0 Å². The summed E-state index contributed by atoms with van der Waals surface area (Å²) in [5.41, 5.74) is 2.22. The van der Waals surface area contributed by atoms with Crippen LogP contribution in [0.15, 0.2) is 42.5 Å². The molecule has 2 heterocycles. The van der Waals surface area contributed by atoms with Crippen molar-refractivity contribution in [3.05, 3.63) is 59.4 Å². The van der Waals surface area contributed by atoms with Crippen LogP contribution in [-0.4, -0.2) is 26.2 Å². The molecule has 6 nitrogen and oxygen atoms in total. The number of nitrogens with zero attached hydrogens (tertiary/aromatic N) is 3. The lowest BCUT2D eigenvalue weighted by atomic mass is 9.88. The van der Waals surface area contributed by atoms with E-state index in [1.165, 1.54) is 0 Å². The van der Waals surface area contributed by atoms with Crippen LogP contribution in [0, 0.1) is 11.3 Å². The summed E-state index contributed by atoms with van der Waals surface area (Å²) in [5, 5.41) is 19.0. The van der Waals surface area contributed by atoms with Crippen LogP contribution in [0.4, 0.5) is 0 Å². The number of fused-ring (bicyclic) bond motifs is 2. The summed E-state index contributed by atoms with van der Waals surface area (Å²) in [6.45, 7) is 3.95. The van der Waals surface area contributed by atoms with Crippen LogP contribution >= 0.6 is 0 Å². The quantitative estimate of drug-likeness (QED) is 0.762. The van der Waals surface area contributed by atoms with Gasteiger partial charge in [0.1, 0.15) is 11.4 Å². The number of hydrogen-bond acceptors (Lipinski definition) is 4. The van der Waals surface area contributed by atoms with Gasteiger partial charge in [0.25, 0.3) is 0 Å². The summed E-state index contributed by atoms with van der Waals surface area (Å²) < 4.78 is 7.82. The highest BCUT2D eigenvalue weighted by Crippen LogP contribution is 2.43. The van der Waals surface area contributed by atoms with Crippen LogP contribution < -0.4 is 4.74 Å². The maximum absolute atomic E-state index is 11.9. The lowest BCUT2D eigenvalue weighted by Crippen LogP contribution is -2.37. The Labute approximate surface area is 150 Å². The molecule has 1 aliphatic rings. The molecule has 1 N–H and O–H groups in total. The number of ether oxygens (including phenoxy) is 1. The molecule has 1 aromatic heterocycles. The Morgan fingerprint density at radius 3 is 2.85 bits per heavy atom. The number of imidazole rings is 1. The fourth-order valence-electron chi connectivity index (χ4n) is 3.63. The minimum absolute atomic E-state index is 0.0118. The number of carbonyl (C=O) groups is 1. The van der Waals surface area contributed by atoms with Gasteiger partial charge in [-0.05, 0) is 44.2 Å². The van der Waals surface area contributed by atoms with Crippen molar-refractivity contribution < 1.29 is 14.6 Å². The van der Waals surface area contributed by atoms with E-state index in [0.29, 0.717) is 23.3 Å². The van der Waals surface area contributed by atoms with Crippen molar-refractivity contribution in [3.8, 4) is 11.8 Å². The van der Waals surface area contributed by atoms with Gasteiger partial charge in [-0.2, -0.15) is 5.26 Å². The van der Waals surface area contributed by atoms with E-state index in [0.717, 1.165) is 11.1 Å². The van der Waals surface area contributed by atoms with Gasteiger partial charge in [-0.1, -0.05) is 12.1 Å². The summed E-state index contributed by atoms with van der Waals surface area (Å²) in [6, 6.07) is 14.5. The van der Waals surface area contributed by atoms with Gasteiger partial charge in [0.2, 0.25) is 5.82 Å². The highest BCUT2D eigenvalue weighted by Gasteiger charge is 2.37. The first-order chi connectivity index (χ1) is 12.4. The van der Waals surface area contributed by atoms with Crippen LogP contribution in [-0.2, 0) is 0 Å². The molecule has 1 unspecified atom stereocenters. The number of benzene rings is 2. The number of rotatable bonds is 2. The molecule has 0 bridgehead atoms. The molecule has 1 aliphatic heterocycles. The van der Waals surface area contributed by atoms with Crippen molar-refractivity contribution in [2.24, 2.45) is 0 Å². The molecule has 0 radical (unpaired) electrons. The van der Waals surface area contributed by atoms with E-state index in [9.17, 15) is 15.2 Å². The van der Waals surface area contributed by atoms with Crippen LogP contribution in [0.2, 0.25) is 0 Å². The lowest BCUT2D eigenvalue weighted by Gasteiger charge is -2.38. The third-order valence-electron chi connectivity index (χ3n) is 4.67. The Kier molecular flexibility index (Phi) is 3.48. The van der Waals surface area contributed by atoms with Gasteiger partial charge in [-0.25, -0.2) is 9.78 Å². The molecule has 26 heavy (non-hydrogen) atoms. The number of para-hydroxylation sites is 2. The first-order valence-electron chi connectivity index (χ1n) is 8.33. The molecule has 0 aliphatic carbocycles. The predicted octanol–water partition coefficient (Wildman–Crippen LogP) is 3.76. The van der Waals surface area contributed by atoms with Crippen LogP contribution in [0.25, 0.3) is 11.0 Å². The monoisotopic (exact) mass is 347 g/mol. The zero-order chi connectivity index (χ0) is 18.5. The van der Waals surface area contributed by atoms with E-state index in [1.54, 1.807) is 28.8 Å². The Morgan fingerprint density at radius 1 is 1.35 bits per heavy atom.